The van der Waals surface area contributed by atoms with Crippen molar-refractivity contribution >= 4 is 41.2 Å². The smallest absolute Gasteiger partial charge is 0.329 e. The van der Waals surface area contributed by atoms with Gasteiger partial charge in [0, 0.05) is 35.6 Å². The summed E-state index contributed by atoms with van der Waals surface area (Å²) < 4.78 is 10.7. The molecule has 2 atom stereocenters. The molecule has 1 aromatic carbocycles. The average molecular weight is 541 g/mol. The summed E-state index contributed by atoms with van der Waals surface area (Å²) in [6.45, 7) is 10.0. The van der Waals surface area contributed by atoms with Gasteiger partial charge >= 0.3 is 11.9 Å². The number of carbonyl (C=O) groups excluding carboxylic acids is 4. The number of aliphatic hydroxyl groups excluding tert-OH is 2. The third-order valence-electron chi connectivity index (χ3n) is 4.48. The zero-order valence-electron chi connectivity index (χ0n) is 22.5. The highest BCUT2D eigenvalue weighted by atomic mass is 32.2. The standard InChI is InChI=1S/C26H40N2O8S/c1-25(2,3)35-22(32)12-11-20(24(34)36-26(4,5)6)28-23(33)17-7-9-18(10-8-17)27-21(31)13-14-37-16-19(30)15-29/h7-10,19-20,29-30H,11-16H2,1-6H3,(H,27,31)(H,28,33). The topological polar surface area (TPSA) is 151 Å². The van der Waals surface area contributed by atoms with Crippen molar-refractivity contribution in [2.75, 3.05) is 23.4 Å². The third kappa shape index (κ3) is 14.6. The van der Waals surface area contributed by atoms with Gasteiger partial charge < -0.3 is 30.3 Å². The molecule has 0 saturated carbocycles. The predicted octanol–water partition coefficient (Wildman–Crippen LogP) is 2.66. The highest BCUT2D eigenvalue weighted by molar-refractivity contribution is 7.99. The van der Waals surface area contributed by atoms with Crippen molar-refractivity contribution in [1.29, 1.82) is 0 Å². The van der Waals surface area contributed by atoms with Crippen LogP contribution < -0.4 is 10.6 Å². The van der Waals surface area contributed by atoms with Gasteiger partial charge in [-0.2, -0.15) is 11.8 Å². The zero-order valence-corrected chi connectivity index (χ0v) is 23.3. The SMILES string of the molecule is CC(C)(C)OC(=O)CCC(NC(=O)c1ccc(NC(=O)CCSCC(O)CO)cc1)C(=O)OC(C)(C)C. The number of thioether (sulfide) groups is 1. The summed E-state index contributed by atoms with van der Waals surface area (Å²) in [5.41, 5.74) is -0.684. The van der Waals surface area contributed by atoms with Gasteiger partial charge in [0.25, 0.3) is 5.91 Å². The van der Waals surface area contributed by atoms with Crippen LogP contribution in [0.5, 0.6) is 0 Å². The van der Waals surface area contributed by atoms with Crippen LogP contribution in [0.4, 0.5) is 5.69 Å². The normalized spacial score (nSPS) is 13.3. The van der Waals surface area contributed by atoms with Crippen LogP contribution in [0.1, 0.15) is 71.2 Å². The van der Waals surface area contributed by atoms with Crippen molar-refractivity contribution in [1.82, 2.24) is 5.32 Å². The Morgan fingerprint density at radius 2 is 1.54 bits per heavy atom. The number of amides is 2. The lowest BCUT2D eigenvalue weighted by Gasteiger charge is -2.25. The molecule has 4 N–H and O–H groups in total. The van der Waals surface area contributed by atoms with E-state index in [9.17, 15) is 24.3 Å². The van der Waals surface area contributed by atoms with Gasteiger partial charge in [-0.25, -0.2) is 4.79 Å². The van der Waals surface area contributed by atoms with Gasteiger partial charge in [0.05, 0.1) is 12.7 Å². The maximum Gasteiger partial charge on any atom is 0.329 e. The number of carbonyl (C=O) groups is 4. The second-order valence-corrected chi connectivity index (χ2v) is 11.6. The first-order valence-electron chi connectivity index (χ1n) is 12.1. The van der Waals surface area contributed by atoms with Crippen LogP contribution in [0.25, 0.3) is 0 Å². The highest BCUT2D eigenvalue weighted by Crippen LogP contribution is 2.15. The van der Waals surface area contributed by atoms with E-state index in [1.165, 1.54) is 23.9 Å². The molecule has 37 heavy (non-hydrogen) atoms. The first kappa shape index (κ1) is 32.4. The van der Waals surface area contributed by atoms with Gasteiger partial charge in [-0.3, -0.25) is 14.4 Å². The Balaban J connectivity index is 2.73. The predicted molar refractivity (Wildman–Crippen MR) is 142 cm³/mol. The van der Waals surface area contributed by atoms with Crippen LogP contribution in [-0.4, -0.2) is 75.4 Å². The molecule has 208 valence electrons. The van der Waals surface area contributed by atoms with Crippen LogP contribution in [0, 0.1) is 0 Å². The molecule has 0 bridgehead atoms. The van der Waals surface area contributed by atoms with Gasteiger partial charge in [0.1, 0.15) is 17.2 Å². The Bertz CT molecular complexity index is 907. The number of benzene rings is 1. The summed E-state index contributed by atoms with van der Waals surface area (Å²) >= 11 is 1.36. The Morgan fingerprint density at radius 1 is 0.946 bits per heavy atom. The molecule has 2 unspecified atom stereocenters. The molecule has 0 fully saturated rings. The van der Waals surface area contributed by atoms with Crippen LogP contribution >= 0.6 is 11.8 Å². The largest absolute Gasteiger partial charge is 0.460 e. The van der Waals surface area contributed by atoms with Crippen LogP contribution in [0.3, 0.4) is 0 Å². The summed E-state index contributed by atoms with van der Waals surface area (Å²) in [5.74, 6) is -1.07. The highest BCUT2D eigenvalue weighted by Gasteiger charge is 2.28. The Hall–Kier alpha value is -2.63. The lowest BCUT2D eigenvalue weighted by atomic mass is 10.1. The molecule has 2 amide bonds. The maximum atomic E-state index is 12.8. The van der Waals surface area contributed by atoms with Crippen molar-refractivity contribution in [3.63, 3.8) is 0 Å². The average Bonchev–Trinajstić information content (AvgIpc) is 2.77. The molecule has 1 aromatic rings. The molecule has 0 aromatic heterocycles. The number of ether oxygens (including phenoxy) is 2. The lowest BCUT2D eigenvalue weighted by Crippen LogP contribution is -2.44. The third-order valence-corrected chi connectivity index (χ3v) is 5.59. The van der Waals surface area contributed by atoms with Gasteiger partial charge in [-0.1, -0.05) is 0 Å². The van der Waals surface area contributed by atoms with E-state index in [1.807, 2.05) is 0 Å². The molecule has 0 saturated heterocycles. The molecule has 0 radical (unpaired) electrons. The van der Waals surface area contributed by atoms with E-state index in [1.54, 1.807) is 53.7 Å². The number of aliphatic hydroxyl groups is 2. The second kappa shape index (κ2) is 14.9. The number of hydrogen-bond acceptors (Lipinski definition) is 9. The van der Waals surface area contributed by atoms with E-state index in [-0.39, 0.29) is 37.3 Å². The number of anilines is 1. The van der Waals surface area contributed by atoms with E-state index in [0.717, 1.165) is 0 Å². The van der Waals surface area contributed by atoms with Gasteiger partial charge in [-0.05, 0) is 72.2 Å². The minimum absolute atomic E-state index is 0.0110. The van der Waals surface area contributed by atoms with Gasteiger partial charge in [0.2, 0.25) is 5.91 Å². The molecule has 11 heteroatoms. The Morgan fingerprint density at radius 3 is 2.08 bits per heavy atom. The van der Waals surface area contributed by atoms with Gasteiger partial charge in [-0.15, -0.1) is 0 Å². The van der Waals surface area contributed by atoms with Crippen LogP contribution in [0.2, 0.25) is 0 Å². The van der Waals surface area contributed by atoms with Gasteiger partial charge in [0.15, 0.2) is 0 Å². The van der Waals surface area contributed by atoms with Crippen molar-refractivity contribution in [3.8, 4) is 0 Å². The van der Waals surface area contributed by atoms with Crippen molar-refractivity contribution < 1.29 is 38.9 Å². The van der Waals surface area contributed by atoms with Crippen LogP contribution in [0.15, 0.2) is 24.3 Å². The van der Waals surface area contributed by atoms with E-state index >= 15 is 0 Å². The molecular formula is C26H40N2O8S. The van der Waals surface area contributed by atoms with Crippen LogP contribution in [-0.2, 0) is 23.9 Å². The Kier molecular flexibility index (Phi) is 13.1. The molecule has 0 spiro atoms. The van der Waals surface area contributed by atoms with Crippen molar-refractivity contribution in [2.24, 2.45) is 0 Å². The fourth-order valence-corrected chi connectivity index (χ4v) is 3.76. The molecule has 0 aliphatic carbocycles. The number of hydrogen-bond donors (Lipinski definition) is 4. The lowest BCUT2D eigenvalue weighted by molar-refractivity contribution is -0.158. The van der Waals surface area contributed by atoms with E-state index < -0.39 is 41.2 Å². The number of rotatable bonds is 13. The minimum Gasteiger partial charge on any atom is -0.460 e. The summed E-state index contributed by atoms with van der Waals surface area (Å²) in [4.78, 5) is 49.7. The Labute approximate surface area is 222 Å². The first-order valence-corrected chi connectivity index (χ1v) is 13.3. The summed E-state index contributed by atoms with van der Waals surface area (Å²) in [5, 5.41) is 23.5. The monoisotopic (exact) mass is 540 g/mol. The van der Waals surface area contributed by atoms with E-state index in [0.29, 0.717) is 17.2 Å². The molecule has 1 rings (SSSR count). The molecule has 0 aliphatic rings. The zero-order chi connectivity index (χ0) is 28.2. The quantitative estimate of drug-likeness (QED) is 0.219. The van der Waals surface area contributed by atoms with Crippen molar-refractivity contribution in [3.05, 3.63) is 29.8 Å². The fraction of sp³-hybridized carbons (Fsp3) is 0.615. The summed E-state index contributed by atoms with van der Waals surface area (Å²) in [6.07, 6.45) is -0.653. The first-order chi connectivity index (χ1) is 17.1. The van der Waals surface area contributed by atoms with E-state index in [4.69, 9.17) is 14.6 Å². The summed E-state index contributed by atoms with van der Waals surface area (Å²) in [6, 6.07) is 5.10. The molecular weight excluding hydrogens is 500 g/mol. The summed E-state index contributed by atoms with van der Waals surface area (Å²) in [7, 11) is 0. The maximum absolute atomic E-state index is 12.8. The molecule has 10 nitrogen and oxygen atoms in total. The number of esters is 2. The molecule has 0 aliphatic heterocycles. The van der Waals surface area contributed by atoms with E-state index in [2.05, 4.69) is 10.6 Å². The minimum atomic E-state index is -1.06. The molecule has 0 heterocycles. The second-order valence-electron chi connectivity index (χ2n) is 10.5. The fourth-order valence-electron chi connectivity index (χ4n) is 2.88. The number of nitrogens with one attached hydrogen (secondary N) is 2. The van der Waals surface area contributed by atoms with Crippen molar-refractivity contribution in [2.45, 2.75) is 84.2 Å².